The van der Waals surface area contributed by atoms with Gasteiger partial charge in [-0.2, -0.15) is 0 Å². The van der Waals surface area contributed by atoms with E-state index in [2.05, 4.69) is 11.9 Å². The van der Waals surface area contributed by atoms with Crippen LogP contribution in [0.3, 0.4) is 0 Å². The van der Waals surface area contributed by atoms with Gasteiger partial charge in [0.1, 0.15) is 5.03 Å². The van der Waals surface area contributed by atoms with Gasteiger partial charge in [-0.3, -0.25) is 0 Å². The normalized spacial score (nSPS) is 26.5. The van der Waals surface area contributed by atoms with E-state index in [4.69, 9.17) is 5.73 Å². The van der Waals surface area contributed by atoms with Crippen LogP contribution in [0.1, 0.15) is 32.6 Å². The van der Waals surface area contributed by atoms with E-state index in [1.165, 1.54) is 25.7 Å². The summed E-state index contributed by atoms with van der Waals surface area (Å²) in [5.74, 6) is 0.862. The lowest BCUT2D eigenvalue weighted by Crippen LogP contribution is -2.15. The summed E-state index contributed by atoms with van der Waals surface area (Å²) in [5, 5.41) is 1.72. The molecular weight excluding hydrogens is 204 g/mol. The summed E-state index contributed by atoms with van der Waals surface area (Å²) >= 11 is 1.86. The third-order valence-electron chi connectivity index (χ3n) is 2.97. The topological polar surface area (TPSA) is 38.9 Å². The number of nitrogens with two attached hydrogens (primary N) is 1. The number of rotatable bonds is 2. The number of hydrogen-bond donors (Lipinski definition) is 1. The second-order valence-electron chi connectivity index (χ2n) is 4.41. The molecular formula is C12H18N2S. The second kappa shape index (κ2) is 4.88. The van der Waals surface area contributed by atoms with Gasteiger partial charge in [-0.25, -0.2) is 4.98 Å². The molecule has 0 bridgehead atoms. The lowest BCUT2D eigenvalue weighted by Gasteiger charge is -2.26. The summed E-state index contributed by atoms with van der Waals surface area (Å²) in [6.45, 7) is 2.34. The van der Waals surface area contributed by atoms with E-state index in [1.54, 1.807) is 0 Å². The molecule has 0 amide bonds. The minimum absolute atomic E-state index is 0.714. The Bertz CT molecular complexity index is 327. The highest BCUT2D eigenvalue weighted by molar-refractivity contribution is 8.00. The SMILES string of the molecule is CC1CCCC(Sc2ncccc2N)C1. The molecule has 0 saturated heterocycles. The Morgan fingerprint density at radius 1 is 1.47 bits per heavy atom. The molecule has 2 unspecified atom stereocenters. The zero-order chi connectivity index (χ0) is 10.7. The second-order valence-corrected chi connectivity index (χ2v) is 5.70. The number of pyridine rings is 1. The van der Waals surface area contributed by atoms with E-state index < -0.39 is 0 Å². The molecule has 1 fully saturated rings. The van der Waals surface area contributed by atoms with Crippen molar-refractivity contribution in [2.45, 2.75) is 42.9 Å². The Hall–Kier alpha value is -0.700. The molecule has 0 radical (unpaired) electrons. The number of nitrogens with zero attached hydrogens (tertiary/aromatic N) is 1. The van der Waals surface area contributed by atoms with Gasteiger partial charge < -0.3 is 5.73 Å². The molecule has 2 nitrogen and oxygen atoms in total. The average Bonchev–Trinajstić information content (AvgIpc) is 2.22. The smallest absolute Gasteiger partial charge is 0.119 e. The van der Waals surface area contributed by atoms with Crippen molar-refractivity contribution >= 4 is 17.4 Å². The first-order valence-electron chi connectivity index (χ1n) is 5.63. The number of hydrogen-bond acceptors (Lipinski definition) is 3. The molecule has 3 heteroatoms. The van der Waals surface area contributed by atoms with Gasteiger partial charge in [-0.1, -0.05) is 19.8 Å². The molecule has 1 aliphatic carbocycles. The van der Waals surface area contributed by atoms with E-state index in [0.29, 0.717) is 5.25 Å². The van der Waals surface area contributed by atoms with E-state index in [0.717, 1.165) is 16.6 Å². The highest BCUT2D eigenvalue weighted by Crippen LogP contribution is 2.36. The van der Waals surface area contributed by atoms with Crippen LogP contribution in [-0.4, -0.2) is 10.2 Å². The molecule has 2 rings (SSSR count). The van der Waals surface area contributed by atoms with Gasteiger partial charge in [0.25, 0.3) is 0 Å². The fraction of sp³-hybridized carbons (Fsp3) is 0.583. The van der Waals surface area contributed by atoms with Crippen LogP contribution < -0.4 is 5.73 Å². The van der Waals surface area contributed by atoms with E-state index in [-0.39, 0.29) is 0 Å². The zero-order valence-electron chi connectivity index (χ0n) is 9.15. The first-order chi connectivity index (χ1) is 7.25. The van der Waals surface area contributed by atoms with Crippen LogP contribution in [0.25, 0.3) is 0 Å². The van der Waals surface area contributed by atoms with Crippen molar-refractivity contribution in [3.05, 3.63) is 18.3 Å². The predicted octanol–water partition coefficient (Wildman–Crippen LogP) is 3.33. The summed E-state index contributed by atoms with van der Waals surface area (Å²) in [4.78, 5) is 4.34. The van der Waals surface area contributed by atoms with Crippen molar-refractivity contribution in [2.75, 3.05) is 5.73 Å². The Morgan fingerprint density at radius 2 is 2.33 bits per heavy atom. The summed E-state index contributed by atoms with van der Waals surface area (Å²) in [6, 6.07) is 3.82. The highest BCUT2D eigenvalue weighted by atomic mass is 32.2. The van der Waals surface area contributed by atoms with Crippen molar-refractivity contribution < 1.29 is 0 Å². The van der Waals surface area contributed by atoms with Gasteiger partial charge in [-0.05, 0) is 30.9 Å². The van der Waals surface area contributed by atoms with Crippen LogP contribution in [0.4, 0.5) is 5.69 Å². The van der Waals surface area contributed by atoms with Gasteiger partial charge in [0.2, 0.25) is 0 Å². The molecule has 1 aromatic heterocycles. The van der Waals surface area contributed by atoms with Gasteiger partial charge >= 0.3 is 0 Å². The Balaban J connectivity index is 1.99. The number of nitrogen functional groups attached to an aromatic ring is 1. The minimum Gasteiger partial charge on any atom is -0.397 e. The van der Waals surface area contributed by atoms with Crippen LogP contribution >= 0.6 is 11.8 Å². The summed E-state index contributed by atoms with van der Waals surface area (Å²) in [6.07, 6.45) is 7.18. The average molecular weight is 222 g/mol. The van der Waals surface area contributed by atoms with Gasteiger partial charge in [-0.15, -0.1) is 11.8 Å². The fourth-order valence-electron chi connectivity index (χ4n) is 2.15. The molecule has 0 aromatic carbocycles. The molecule has 1 aliphatic rings. The molecule has 0 aliphatic heterocycles. The van der Waals surface area contributed by atoms with Crippen molar-refractivity contribution in [3.63, 3.8) is 0 Å². The third kappa shape index (κ3) is 2.88. The molecule has 1 heterocycles. The van der Waals surface area contributed by atoms with E-state index >= 15 is 0 Å². The quantitative estimate of drug-likeness (QED) is 0.834. The highest BCUT2D eigenvalue weighted by Gasteiger charge is 2.20. The molecule has 2 N–H and O–H groups in total. The standard InChI is InChI=1S/C12H18N2S/c1-9-4-2-5-10(8-9)15-12-11(13)6-3-7-14-12/h3,6-7,9-10H,2,4-5,8,13H2,1H3. The van der Waals surface area contributed by atoms with E-state index in [9.17, 15) is 0 Å². The van der Waals surface area contributed by atoms with Crippen LogP contribution in [0, 0.1) is 5.92 Å². The number of thioether (sulfide) groups is 1. The van der Waals surface area contributed by atoms with Gasteiger partial charge in [0, 0.05) is 11.4 Å². The van der Waals surface area contributed by atoms with Crippen molar-refractivity contribution in [2.24, 2.45) is 5.92 Å². The summed E-state index contributed by atoms with van der Waals surface area (Å²) in [7, 11) is 0. The Kier molecular flexibility index (Phi) is 3.52. The Labute approximate surface area is 95.7 Å². The Morgan fingerprint density at radius 3 is 3.07 bits per heavy atom. The maximum absolute atomic E-state index is 5.89. The van der Waals surface area contributed by atoms with Crippen molar-refractivity contribution in [1.82, 2.24) is 4.98 Å². The van der Waals surface area contributed by atoms with E-state index in [1.807, 2.05) is 30.1 Å². The van der Waals surface area contributed by atoms with Crippen LogP contribution in [0.5, 0.6) is 0 Å². The minimum atomic E-state index is 0.714. The largest absolute Gasteiger partial charge is 0.397 e. The van der Waals surface area contributed by atoms with Crippen molar-refractivity contribution in [1.29, 1.82) is 0 Å². The molecule has 0 spiro atoms. The maximum Gasteiger partial charge on any atom is 0.119 e. The lowest BCUT2D eigenvalue weighted by molar-refractivity contribution is 0.394. The third-order valence-corrected chi connectivity index (χ3v) is 4.29. The van der Waals surface area contributed by atoms with Crippen LogP contribution in [-0.2, 0) is 0 Å². The van der Waals surface area contributed by atoms with Crippen molar-refractivity contribution in [3.8, 4) is 0 Å². The number of anilines is 1. The first kappa shape index (κ1) is 10.8. The molecule has 1 aromatic rings. The van der Waals surface area contributed by atoms with Crippen LogP contribution in [0.2, 0.25) is 0 Å². The van der Waals surface area contributed by atoms with Crippen LogP contribution in [0.15, 0.2) is 23.4 Å². The zero-order valence-corrected chi connectivity index (χ0v) is 9.96. The first-order valence-corrected chi connectivity index (χ1v) is 6.51. The fourth-order valence-corrected chi connectivity index (χ4v) is 3.50. The maximum atomic E-state index is 5.89. The monoisotopic (exact) mass is 222 g/mol. The molecule has 82 valence electrons. The summed E-state index contributed by atoms with van der Waals surface area (Å²) in [5.41, 5.74) is 6.71. The lowest BCUT2D eigenvalue weighted by atomic mass is 9.91. The predicted molar refractivity (Wildman–Crippen MR) is 65.9 cm³/mol. The molecule has 2 atom stereocenters. The summed E-state index contributed by atoms with van der Waals surface area (Å²) < 4.78 is 0. The molecule has 1 saturated carbocycles. The van der Waals surface area contributed by atoms with Gasteiger partial charge in [0.05, 0.1) is 5.69 Å². The molecule has 15 heavy (non-hydrogen) atoms. The van der Waals surface area contributed by atoms with Gasteiger partial charge in [0.15, 0.2) is 0 Å². The number of aromatic nitrogens is 1.